The van der Waals surface area contributed by atoms with Crippen LogP contribution in [0.4, 0.5) is 5.69 Å². The SMILES string of the molecule is CC1=CC(C)(C)N(C(=O)C(C)Cl)c2ccc(Cl)cc21. The number of carbonyl (C=O) groups excluding carboxylic acids is 1. The topological polar surface area (TPSA) is 20.3 Å². The molecule has 1 aliphatic rings. The van der Waals surface area contributed by atoms with Crippen LogP contribution in [-0.2, 0) is 4.79 Å². The van der Waals surface area contributed by atoms with Crippen LogP contribution in [0.2, 0.25) is 5.02 Å². The molecule has 1 aromatic carbocycles. The molecule has 19 heavy (non-hydrogen) atoms. The summed E-state index contributed by atoms with van der Waals surface area (Å²) >= 11 is 12.0. The highest BCUT2D eigenvalue weighted by Crippen LogP contribution is 2.40. The number of allylic oxidation sites excluding steroid dienone is 1. The quantitative estimate of drug-likeness (QED) is 0.699. The smallest absolute Gasteiger partial charge is 0.245 e. The number of hydrogen-bond acceptors (Lipinski definition) is 1. The number of amides is 1. The Morgan fingerprint density at radius 2 is 2.00 bits per heavy atom. The zero-order valence-electron chi connectivity index (χ0n) is 11.5. The van der Waals surface area contributed by atoms with Crippen molar-refractivity contribution in [3.63, 3.8) is 0 Å². The number of alkyl halides is 1. The lowest BCUT2D eigenvalue weighted by atomic mass is 9.88. The lowest BCUT2D eigenvalue weighted by Crippen LogP contribution is -2.51. The average molecular weight is 298 g/mol. The van der Waals surface area contributed by atoms with Crippen LogP contribution in [0.3, 0.4) is 0 Å². The fraction of sp³-hybridized carbons (Fsp3) is 0.400. The van der Waals surface area contributed by atoms with Gasteiger partial charge in [-0.2, -0.15) is 0 Å². The molecule has 1 aliphatic heterocycles. The lowest BCUT2D eigenvalue weighted by Gasteiger charge is -2.42. The van der Waals surface area contributed by atoms with E-state index < -0.39 is 10.9 Å². The van der Waals surface area contributed by atoms with E-state index in [-0.39, 0.29) is 5.91 Å². The van der Waals surface area contributed by atoms with Crippen molar-refractivity contribution in [1.29, 1.82) is 0 Å². The number of rotatable bonds is 1. The number of anilines is 1. The minimum atomic E-state index is -0.561. The summed E-state index contributed by atoms with van der Waals surface area (Å²) in [6.07, 6.45) is 2.07. The molecule has 1 heterocycles. The summed E-state index contributed by atoms with van der Waals surface area (Å²) in [7, 11) is 0. The molecule has 0 bridgehead atoms. The molecular formula is C15H17Cl2NO. The van der Waals surface area contributed by atoms with E-state index in [1.807, 2.05) is 32.9 Å². The third kappa shape index (κ3) is 2.52. The molecule has 1 unspecified atom stereocenters. The molecule has 0 aromatic heterocycles. The lowest BCUT2D eigenvalue weighted by molar-refractivity contribution is -0.118. The molecule has 0 N–H and O–H groups in total. The van der Waals surface area contributed by atoms with Gasteiger partial charge in [-0.05, 0) is 51.5 Å². The number of benzene rings is 1. The number of hydrogen-bond donors (Lipinski definition) is 0. The molecule has 2 nitrogen and oxygen atoms in total. The van der Waals surface area contributed by atoms with Crippen molar-refractivity contribution in [2.45, 2.75) is 38.6 Å². The average Bonchev–Trinajstić information content (AvgIpc) is 2.28. The fourth-order valence-corrected chi connectivity index (χ4v) is 2.85. The Labute approximate surface area is 124 Å². The van der Waals surface area contributed by atoms with Gasteiger partial charge in [0.15, 0.2) is 0 Å². The summed E-state index contributed by atoms with van der Waals surface area (Å²) in [5.74, 6) is -0.0982. The molecule has 102 valence electrons. The monoisotopic (exact) mass is 297 g/mol. The molecule has 0 aliphatic carbocycles. The van der Waals surface area contributed by atoms with Gasteiger partial charge in [0.2, 0.25) is 5.91 Å². The van der Waals surface area contributed by atoms with Crippen molar-refractivity contribution in [2.24, 2.45) is 0 Å². The predicted molar refractivity (Wildman–Crippen MR) is 82.0 cm³/mol. The van der Waals surface area contributed by atoms with Gasteiger partial charge in [-0.25, -0.2) is 0 Å². The summed E-state index contributed by atoms with van der Waals surface area (Å²) in [4.78, 5) is 14.2. The van der Waals surface area contributed by atoms with Crippen LogP contribution in [0, 0.1) is 0 Å². The van der Waals surface area contributed by atoms with Gasteiger partial charge in [-0.1, -0.05) is 17.7 Å². The summed E-state index contributed by atoms with van der Waals surface area (Å²) < 4.78 is 0. The van der Waals surface area contributed by atoms with Crippen molar-refractivity contribution < 1.29 is 4.79 Å². The van der Waals surface area contributed by atoms with Gasteiger partial charge in [0.05, 0.1) is 11.2 Å². The van der Waals surface area contributed by atoms with Crippen LogP contribution >= 0.6 is 23.2 Å². The van der Waals surface area contributed by atoms with Crippen LogP contribution in [0.1, 0.15) is 33.3 Å². The largest absolute Gasteiger partial charge is 0.301 e. The van der Waals surface area contributed by atoms with Gasteiger partial charge in [0.1, 0.15) is 5.38 Å². The second-order valence-electron chi connectivity index (χ2n) is 5.43. The normalized spacial score (nSPS) is 18.6. The van der Waals surface area contributed by atoms with Gasteiger partial charge in [-0.3, -0.25) is 4.79 Å². The maximum atomic E-state index is 12.4. The molecule has 0 saturated carbocycles. The molecule has 0 saturated heterocycles. The second-order valence-corrected chi connectivity index (χ2v) is 6.52. The van der Waals surface area contributed by atoms with Crippen molar-refractivity contribution in [3.05, 3.63) is 34.9 Å². The van der Waals surface area contributed by atoms with E-state index in [1.54, 1.807) is 17.9 Å². The zero-order valence-corrected chi connectivity index (χ0v) is 13.0. The van der Waals surface area contributed by atoms with E-state index >= 15 is 0 Å². The van der Waals surface area contributed by atoms with Crippen LogP contribution in [0.25, 0.3) is 5.57 Å². The number of halogens is 2. The molecule has 2 rings (SSSR count). The molecule has 1 aromatic rings. The summed E-state index contributed by atoms with van der Waals surface area (Å²) in [5, 5.41) is 0.104. The Morgan fingerprint density at radius 1 is 1.37 bits per heavy atom. The number of fused-ring (bicyclic) bond motifs is 1. The predicted octanol–water partition coefficient (Wildman–Crippen LogP) is 4.50. The first-order chi connectivity index (χ1) is 8.74. The first kappa shape index (κ1) is 14.4. The standard InChI is InChI=1S/C15H17Cl2NO/c1-9-8-15(3,4)18(14(19)10(2)16)13-6-5-11(17)7-12(9)13/h5-8,10H,1-4H3. The number of carbonyl (C=O) groups is 1. The molecule has 1 amide bonds. The highest BCUT2D eigenvalue weighted by atomic mass is 35.5. The summed E-state index contributed by atoms with van der Waals surface area (Å²) in [6.45, 7) is 7.74. The Kier molecular flexibility index (Phi) is 3.67. The van der Waals surface area contributed by atoms with Gasteiger partial charge in [0, 0.05) is 10.6 Å². The minimum absolute atomic E-state index is 0.0982. The molecular weight excluding hydrogens is 281 g/mol. The van der Waals surface area contributed by atoms with E-state index in [1.165, 1.54) is 0 Å². The number of nitrogens with zero attached hydrogens (tertiary/aromatic N) is 1. The Hall–Kier alpha value is -0.990. The second kappa shape index (κ2) is 4.84. The fourth-order valence-electron chi connectivity index (χ4n) is 2.58. The molecule has 4 heteroatoms. The maximum Gasteiger partial charge on any atom is 0.245 e. The Morgan fingerprint density at radius 3 is 2.58 bits per heavy atom. The highest BCUT2D eigenvalue weighted by molar-refractivity contribution is 6.33. The maximum absolute atomic E-state index is 12.4. The molecule has 0 radical (unpaired) electrons. The highest BCUT2D eigenvalue weighted by Gasteiger charge is 2.37. The third-order valence-corrected chi connectivity index (χ3v) is 3.75. The van der Waals surface area contributed by atoms with E-state index in [9.17, 15) is 4.79 Å². The van der Waals surface area contributed by atoms with Crippen LogP contribution in [0.15, 0.2) is 24.3 Å². The summed E-state index contributed by atoms with van der Waals surface area (Å²) in [6, 6.07) is 5.57. The Balaban J connectivity index is 2.64. The van der Waals surface area contributed by atoms with Gasteiger partial charge >= 0.3 is 0 Å². The van der Waals surface area contributed by atoms with Crippen LogP contribution < -0.4 is 4.90 Å². The zero-order chi connectivity index (χ0) is 14.4. The van der Waals surface area contributed by atoms with Gasteiger partial charge in [0.25, 0.3) is 0 Å². The first-order valence-electron chi connectivity index (χ1n) is 6.21. The Bertz CT molecular complexity index is 561. The third-order valence-electron chi connectivity index (χ3n) is 3.33. The minimum Gasteiger partial charge on any atom is -0.301 e. The molecule has 1 atom stereocenters. The summed E-state index contributed by atoms with van der Waals surface area (Å²) in [5.41, 5.74) is 2.57. The molecule has 0 spiro atoms. The van der Waals surface area contributed by atoms with Crippen molar-refractivity contribution in [3.8, 4) is 0 Å². The van der Waals surface area contributed by atoms with Gasteiger partial charge < -0.3 is 4.90 Å². The van der Waals surface area contributed by atoms with E-state index in [0.717, 1.165) is 16.8 Å². The van der Waals surface area contributed by atoms with Crippen LogP contribution in [0.5, 0.6) is 0 Å². The first-order valence-corrected chi connectivity index (χ1v) is 7.03. The van der Waals surface area contributed by atoms with Crippen LogP contribution in [-0.4, -0.2) is 16.8 Å². The van der Waals surface area contributed by atoms with E-state index in [4.69, 9.17) is 23.2 Å². The van der Waals surface area contributed by atoms with Gasteiger partial charge in [-0.15, -0.1) is 11.6 Å². The van der Waals surface area contributed by atoms with Crippen molar-refractivity contribution in [1.82, 2.24) is 0 Å². The van der Waals surface area contributed by atoms with E-state index in [2.05, 4.69) is 6.08 Å². The van der Waals surface area contributed by atoms with Crippen molar-refractivity contribution in [2.75, 3.05) is 4.90 Å². The van der Waals surface area contributed by atoms with Crippen molar-refractivity contribution >= 4 is 40.4 Å². The van der Waals surface area contributed by atoms with E-state index in [0.29, 0.717) is 5.02 Å². The molecule has 0 fully saturated rings.